The van der Waals surface area contributed by atoms with Crippen molar-refractivity contribution in [3.05, 3.63) is 23.8 Å². The van der Waals surface area contributed by atoms with Gasteiger partial charge in [0.15, 0.2) is 11.5 Å². The number of aliphatic carboxylic acids is 1. The minimum Gasteiger partial charge on any atom is -0.493 e. The van der Waals surface area contributed by atoms with Crippen LogP contribution in [-0.4, -0.2) is 24.3 Å². The average molecular weight is 290 g/mol. The summed E-state index contributed by atoms with van der Waals surface area (Å²) in [4.78, 5) is 11.9. The van der Waals surface area contributed by atoms with Crippen LogP contribution in [-0.2, 0) is 10.2 Å². The number of rotatable bonds is 5. The van der Waals surface area contributed by atoms with E-state index in [0.717, 1.165) is 43.4 Å². The van der Waals surface area contributed by atoms with E-state index in [1.807, 2.05) is 18.2 Å². The molecule has 0 atom stereocenters. The second-order valence-corrected chi connectivity index (χ2v) is 6.13. The number of carboxylic acid groups (broad SMARTS) is 1. The van der Waals surface area contributed by atoms with Crippen LogP contribution in [0.4, 0.5) is 0 Å². The summed E-state index contributed by atoms with van der Waals surface area (Å²) in [5.41, 5.74) is 0.0820. The highest BCUT2D eigenvalue weighted by Crippen LogP contribution is 2.43. The summed E-state index contributed by atoms with van der Waals surface area (Å²) in [6.07, 6.45) is 6.93. The van der Waals surface area contributed by atoms with Gasteiger partial charge >= 0.3 is 5.97 Å². The van der Waals surface area contributed by atoms with Gasteiger partial charge in [-0.3, -0.25) is 4.79 Å². The second kappa shape index (κ2) is 5.58. The highest BCUT2D eigenvalue weighted by molar-refractivity contribution is 5.82. The molecule has 0 unspecified atom stereocenters. The van der Waals surface area contributed by atoms with E-state index < -0.39 is 11.4 Å². The Morgan fingerprint density at radius 1 is 1.19 bits per heavy atom. The Morgan fingerprint density at radius 2 is 1.90 bits per heavy atom. The van der Waals surface area contributed by atoms with Crippen LogP contribution in [0.1, 0.15) is 50.5 Å². The molecule has 0 aliphatic heterocycles. The first-order valence-corrected chi connectivity index (χ1v) is 7.74. The fraction of sp³-hybridized carbons (Fsp3) is 0.588. The Morgan fingerprint density at radius 3 is 2.48 bits per heavy atom. The number of hydrogen-bond donors (Lipinski definition) is 1. The molecule has 0 amide bonds. The molecule has 0 spiro atoms. The number of hydrogen-bond acceptors (Lipinski definition) is 3. The van der Waals surface area contributed by atoms with Crippen LogP contribution in [0.15, 0.2) is 18.2 Å². The monoisotopic (exact) mass is 290 g/mol. The number of methoxy groups -OCH3 is 1. The van der Waals surface area contributed by atoms with Crippen LogP contribution in [0.3, 0.4) is 0 Å². The fourth-order valence-electron chi connectivity index (χ4n) is 3.21. The topological polar surface area (TPSA) is 55.8 Å². The van der Waals surface area contributed by atoms with E-state index in [1.54, 1.807) is 7.11 Å². The standard InChI is InChI=1S/C17H22O4/c1-20-15-11-12(5-8-14(15)21-13-6-7-13)17(16(18)19)9-3-2-4-10-17/h5,8,11,13H,2-4,6-7,9-10H2,1H3,(H,18,19). The zero-order valence-electron chi connectivity index (χ0n) is 12.4. The molecule has 1 aromatic rings. The van der Waals surface area contributed by atoms with Crippen LogP contribution in [0.2, 0.25) is 0 Å². The van der Waals surface area contributed by atoms with Gasteiger partial charge in [0.1, 0.15) is 0 Å². The molecule has 1 aromatic carbocycles. The summed E-state index contributed by atoms with van der Waals surface area (Å²) < 4.78 is 11.2. The van der Waals surface area contributed by atoms with Crippen molar-refractivity contribution in [3.8, 4) is 11.5 Å². The SMILES string of the molecule is COc1cc(C2(C(=O)O)CCCCC2)ccc1OC1CC1. The zero-order valence-corrected chi connectivity index (χ0v) is 12.4. The van der Waals surface area contributed by atoms with Gasteiger partial charge in [0.2, 0.25) is 0 Å². The normalized spacial score (nSPS) is 20.8. The molecular weight excluding hydrogens is 268 g/mol. The summed E-state index contributed by atoms with van der Waals surface area (Å²) in [6.45, 7) is 0. The van der Waals surface area contributed by atoms with E-state index >= 15 is 0 Å². The molecule has 21 heavy (non-hydrogen) atoms. The molecule has 2 saturated carbocycles. The summed E-state index contributed by atoms with van der Waals surface area (Å²) in [6, 6.07) is 5.63. The predicted octanol–water partition coefficient (Wildman–Crippen LogP) is 3.52. The smallest absolute Gasteiger partial charge is 0.314 e. The quantitative estimate of drug-likeness (QED) is 0.901. The van der Waals surface area contributed by atoms with E-state index in [0.29, 0.717) is 24.7 Å². The summed E-state index contributed by atoms with van der Waals surface area (Å²) >= 11 is 0. The van der Waals surface area contributed by atoms with Crippen LogP contribution < -0.4 is 9.47 Å². The lowest BCUT2D eigenvalue weighted by Gasteiger charge is -2.34. The maximum Gasteiger partial charge on any atom is 0.314 e. The third-order valence-corrected chi connectivity index (χ3v) is 4.65. The molecule has 4 nitrogen and oxygen atoms in total. The van der Waals surface area contributed by atoms with Gasteiger partial charge in [0.05, 0.1) is 18.6 Å². The highest BCUT2D eigenvalue weighted by atomic mass is 16.5. The molecule has 2 aliphatic rings. The van der Waals surface area contributed by atoms with Gasteiger partial charge in [-0.15, -0.1) is 0 Å². The molecule has 3 rings (SSSR count). The van der Waals surface area contributed by atoms with Crippen molar-refractivity contribution in [1.82, 2.24) is 0 Å². The molecule has 1 N–H and O–H groups in total. The van der Waals surface area contributed by atoms with Crippen LogP contribution in [0.5, 0.6) is 11.5 Å². The average Bonchev–Trinajstić information content (AvgIpc) is 3.32. The molecule has 2 aliphatic carbocycles. The van der Waals surface area contributed by atoms with E-state index in [2.05, 4.69) is 0 Å². The number of benzene rings is 1. The maximum absolute atomic E-state index is 11.9. The lowest BCUT2D eigenvalue weighted by atomic mass is 9.69. The first-order valence-electron chi connectivity index (χ1n) is 7.74. The number of carbonyl (C=O) groups is 1. The van der Waals surface area contributed by atoms with Crippen molar-refractivity contribution in [2.75, 3.05) is 7.11 Å². The van der Waals surface area contributed by atoms with Crippen LogP contribution in [0.25, 0.3) is 0 Å². The van der Waals surface area contributed by atoms with E-state index in [9.17, 15) is 9.90 Å². The van der Waals surface area contributed by atoms with Crippen molar-refractivity contribution in [3.63, 3.8) is 0 Å². The van der Waals surface area contributed by atoms with Crippen molar-refractivity contribution in [1.29, 1.82) is 0 Å². The first-order chi connectivity index (χ1) is 10.2. The Kier molecular flexibility index (Phi) is 3.79. The van der Waals surface area contributed by atoms with Gasteiger partial charge < -0.3 is 14.6 Å². The van der Waals surface area contributed by atoms with E-state index in [1.165, 1.54) is 0 Å². The molecule has 0 aromatic heterocycles. The van der Waals surface area contributed by atoms with Gasteiger partial charge in [-0.05, 0) is 43.4 Å². The minimum absolute atomic E-state index is 0.299. The van der Waals surface area contributed by atoms with Crippen molar-refractivity contribution >= 4 is 5.97 Å². The molecule has 0 radical (unpaired) electrons. The van der Waals surface area contributed by atoms with Crippen molar-refractivity contribution in [2.24, 2.45) is 0 Å². The van der Waals surface area contributed by atoms with Gasteiger partial charge in [0, 0.05) is 0 Å². The number of carboxylic acids is 1. The predicted molar refractivity (Wildman–Crippen MR) is 79.0 cm³/mol. The van der Waals surface area contributed by atoms with Crippen LogP contribution >= 0.6 is 0 Å². The van der Waals surface area contributed by atoms with E-state index in [4.69, 9.17) is 9.47 Å². The largest absolute Gasteiger partial charge is 0.493 e. The highest BCUT2D eigenvalue weighted by Gasteiger charge is 2.41. The zero-order chi connectivity index (χ0) is 14.9. The van der Waals surface area contributed by atoms with Crippen molar-refractivity contribution < 1.29 is 19.4 Å². The first kappa shape index (κ1) is 14.2. The molecule has 2 fully saturated rings. The molecule has 0 heterocycles. The van der Waals surface area contributed by atoms with Gasteiger partial charge in [-0.25, -0.2) is 0 Å². The number of ether oxygens (including phenoxy) is 2. The molecule has 114 valence electrons. The summed E-state index contributed by atoms with van der Waals surface area (Å²) in [7, 11) is 1.60. The van der Waals surface area contributed by atoms with Gasteiger partial charge in [-0.2, -0.15) is 0 Å². The molecule has 4 heteroatoms. The Hall–Kier alpha value is -1.71. The van der Waals surface area contributed by atoms with Crippen LogP contribution in [0, 0.1) is 0 Å². The molecule has 0 saturated heterocycles. The Bertz CT molecular complexity index is 528. The molecule has 0 bridgehead atoms. The second-order valence-electron chi connectivity index (χ2n) is 6.13. The molecular formula is C17H22O4. The van der Waals surface area contributed by atoms with E-state index in [-0.39, 0.29) is 0 Å². The van der Waals surface area contributed by atoms with Gasteiger partial charge in [0.25, 0.3) is 0 Å². The lowest BCUT2D eigenvalue weighted by Crippen LogP contribution is -2.37. The summed E-state index contributed by atoms with van der Waals surface area (Å²) in [5.74, 6) is 0.644. The fourth-order valence-corrected chi connectivity index (χ4v) is 3.21. The minimum atomic E-state index is -0.760. The third-order valence-electron chi connectivity index (χ3n) is 4.65. The Balaban J connectivity index is 1.94. The lowest BCUT2D eigenvalue weighted by molar-refractivity contribution is -0.145. The third kappa shape index (κ3) is 2.71. The summed E-state index contributed by atoms with van der Waals surface area (Å²) in [5, 5.41) is 9.76. The Labute approximate surface area is 125 Å². The van der Waals surface area contributed by atoms with Crippen molar-refractivity contribution in [2.45, 2.75) is 56.5 Å². The van der Waals surface area contributed by atoms with Gasteiger partial charge in [-0.1, -0.05) is 25.3 Å². The maximum atomic E-state index is 11.9.